The molecule has 0 atom stereocenters. The van der Waals surface area contributed by atoms with Crippen molar-refractivity contribution in [2.45, 2.75) is 0 Å². The third kappa shape index (κ3) is 2.55. The molecule has 3 rings (SSSR count). The van der Waals surface area contributed by atoms with Crippen LogP contribution in [0.2, 0.25) is 5.02 Å². The summed E-state index contributed by atoms with van der Waals surface area (Å²) in [7, 11) is 0. The number of phenolic OH excluding ortho intramolecular Hbond substituents is 1. The Bertz CT molecular complexity index is 756. The van der Waals surface area contributed by atoms with Crippen molar-refractivity contribution in [1.29, 1.82) is 0 Å². The van der Waals surface area contributed by atoms with Gasteiger partial charge >= 0.3 is 0 Å². The van der Waals surface area contributed by atoms with Gasteiger partial charge in [0.15, 0.2) is 0 Å². The van der Waals surface area contributed by atoms with Crippen LogP contribution >= 0.6 is 27.5 Å². The number of hydrogen-bond donors (Lipinski definition) is 1. The van der Waals surface area contributed by atoms with Crippen LogP contribution in [-0.4, -0.2) is 15.2 Å². The van der Waals surface area contributed by atoms with Crippen molar-refractivity contribution in [1.82, 2.24) is 10.1 Å². The van der Waals surface area contributed by atoms with Crippen LogP contribution in [-0.2, 0) is 0 Å². The van der Waals surface area contributed by atoms with Crippen LogP contribution in [0, 0.1) is 0 Å². The molecule has 20 heavy (non-hydrogen) atoms. The number of aromatic hydroxyl groups is 1. The number of rotatable bonds is 2. The molecule has 6 heteroatoms. The molecule has 4 nitrogen and oxygen atoms in total. The molecule has 0 amide bonds. The van der Waals surface area contributed by atoms with Gasteiger partial charge in [0.1, 0.15) is 5.75 Å². The van der Waals surface area contributed by atoms with Crippen molar-refractivity contribution < 1.29 is 9.63 Å². The second-order valence-electron chi connectivity index (χ2n) is 4.09. The smallest absolute Gasteiger partial charge is 0.259 e. The second-order valence-corrected chi connectivity index (χ2v) is 5.42. The quantitative estimate of drug-likeness (QED) is 0.737. The average molecular weight is 352 g/mol. The number of halogens is 2. The largest absolute Gasteiger partial charge is 0.508 e. The second kappa shape index (κ2) is 5.26. The maximum Gasteiger partial charge on any atom is 0.259 e. The summed E-state index contributed by atoms with van der Waals surface area (Å²) >= 11 is 9.49. The zero-order valence-corrected chi connectivity index (χ0v) is 12.4. The number of hydrogen-bond acceptors (Lipinski definition) is 4. The monoisotopic (exact) mass is 350 g/mol. The molecular weight excluding hydrogens is 344 g/mol. The minimum atomic E-state index is 0.188. The first kappa shape index (κ1) is 13.1. The molecule has 2 aromatic carbocycles. The fourth-order valence-electron chi connectivity index (χ4n) is 1.72. The lowest BCUT2D eigenvalue weighted by atomic mass is 10.2. The summed E-state index contributed by atoms with van der Waals surface area (Å²) in [5.41, 5.74) is 1.43. The predicted octanol–water partition coefficient (Wildman–Crippen LogP) is 4.53. The van der Waals surface area contributed by atoms with Crippen molar-refractivity contribution >= 4 is 27.5 Å². The van der Waals surface area contributed by atoms with E-state index in [-0.39, 0.29) is 5.75 Å². The summed E-state index contributed by atoms with van der Waals surface area (Å²) < 4.78 is 6.11. The molecule has 1 aromatic heterocycles. The van der Waals surface area contributed by atoms with Crippen molar-refractivity contribution in [2.24, 2.45) is 0 Å². The molecule has 1 heterocycles. The summed E-state index contributed by atoms with van der Waals surface area (Å²) in [6.07, 6.45) is 0. The average Bonchev–Trinajstić information content (AvgIpc) is 2.89. The van der Waals surface area contributed by atoms with E-state index < -0.39 is 0 Å². The van der Waals surface area contributed by atoms with E-state index in [0.717, 1.165) is 10.0 Å². The standard InChI is InChI=1S/C14H8BrClN2O2/c15-9-3-6-11(12(16)7-9)14-17-13(18-20-14)8-1-4-10(19)5-2-8/h1-7,19H. The first-order chi connectivity index (χ1) is 9.63. The highest BCUT2D eigenvalue weighted by Crippen LogP contribution is 2.30. The number of phenols is 1. The van der Waals surface area contributed by atoms with Crippen LogP contribution in [0.15, 0.2) is 51.5 Å². The summed E-state index contributed by atoms with van der Waals surface area (Å²) in [5.74, 6) is 0.984. The Morgan fingerprint density at radius 2 is 1.85 bits per heavy atom. The van der Waals surface area contributed by atoms with Crippen LogP contribution in [0.4, 0.5) is 0 Å². The third-order valence-corrected chi connectivity index (χ3v) is 3.52. The number of aromatic nitrogens is 2. The Hall–Kier alpha value is -1.85. The van der Waals surface area contributed by atoms with E-state index in [2.05, 4.69) is 26.1 Å². The first-order valence-corrected chi connectivity index (χ1v) is 6.89. The Morgan fingerprint density at radius 1 is 1.10 bits per heavy atom. The molecular formula is C14H8BrClN2O2. The molecule has 0 aliphatic carbocycles. The molecule has 0 unspecified atom stereocenters. The van der Waals surface area contributed by atoms with Gasteiger partial charge in [0.2, 0.25) is 5.82 Å². The van der Waals surface area contributed by atoms with E-state index in [1.54, 1.807) is 36.4 Å². The maximum atomic E-state index is 9.26. The van der Waals surface area contributed by atoms with Crippen molar-refractivity contribution in [3.63, 3.8) is 0 Å². The Labute approximate surface area is 128 Å². The van der Waals surface area contributed by atoms with Crippen molar-refractivity contribution in [2.75, 3.05) is 0 Å². The lowest BCUT2D eigenvalue weighted by molar-refractivity contribution is 0.432. The van der Waals surface area contributed by atoms with Gasteiger partial charge in [-0.2, -0.15) is 4.98 Å². The topological polar surface area (TPSA) is 59.2 Å². The van der Waals surface area contributed by atoms with E-state index in [9.17, 15) is 5.11 Å². The van der Waals surface area contributed by atoms with Gasteiger partial charge in [-0.05, 0) is 42.5 Å². The lowest BCUT2D eigenvalue weighted by Gasteiger charge is -1.98. The highest BCUT2D eigenvalue weighted by atomic mass is 79.9. The maximum absolute atomic E-state index is 9.26. The van der Waals surface area contributed by atoms with Gasteiger partial charge in [-0.3, -0.25) is 0 Å². The van der Waals surface area contributed by atoms with Crippen LogP contribution < -0.4 is 0 Å². The SMILES string of the molecule is Oc1ccc(-c2noc(-c3ccc(Br)cc3Cl)n2)cc1. The minimum absolute atomic E-state index is 0.188. The van der Waals surface area contributed by atoms with E-state index in [1.165, 1.54) is 0 Å². The highest BCUT2D eigenvalue weighted by Gasteiger charge is 2.13. The highest BCUT2D eigenvalue weighted by molar-refractivity contribution is 9.10. The Kier molecular flexibility index (Phi) is 3.46. The Morgan fingerprint density at radius 3 is 2.55 bits per heavy atom. The molecule has 1 N–H and O–H groups in total. The molecule has 0 saturated heterocycles. The van der Waals surface area contributed by atoms with Gasteiger partial charge in [0, 0.05) is 10.0 Å². The lowest BCUT2D eigenvalue weighted by Crippen LogP contribution is -1.82. The molecule has 0 aliphatic heterocycles. The summed E-state index contributed by atoms with van der Waals surface area (Å²) in [5, 5.41) is 13.7. The molecule has 0 radical (unpaired) electrons. The predicted molar refractivity (Wildman–Crippen MR) is 79.5 cm³/mol. The van der Waals surface area contributed by atoms with Crippen molar-refractivity contribution in [3.05, 3.63) is 52.0 Å². The fraction of sp³-hybridized carbons (Fsp3) is 0. The first-order valence-electron chi connectivity index (χ1n) is 5.72. The summed E-state index contributed by atoms with van der Waals surface area (Å²) in [6.45, 7) is 0. The fourth-order valence-corrected chi connectivity index (χ4v) is 2.48. The van der Waals surface area contributed by atoms with Crippen LogP contribution in [0.1, 0.15) is 0 Å². The van der Waals surface area contributed by atoms with Gasteiger partial charge in [-0.25, -0.2) is 0 Å². The van der Waals surface area contributed by atoms with Crippen LogP contribution in [0.25, 0.3) is 22.8 Å². The molecule has 0 fully saturated rings. The van der Waals surface area contributed by atoms with E-state index in [4.69, 9.17) is 16.1 Å². The summed E-state index contributed by atoms with van der Waals surface area (Å²) in [6, 6.07) is 12.0. The Balaban J connectivity index is 1.99. The normalized spacial score (nSPS) is 10.7. The van der Waals surface area contributed by atoms with Gasteiger partial charge in [0.25, 0.3) is 5.89 Å². The molecule has 100 valence electrons. The molecule has 0 spiro atoms. The van der Waals surface area contributed by atoms with Crippen molar-refractivity contribution in [3.8, 4) is 28.6 Å². The van der Waals surface area contributed by atoms with Crippen LogP contribution in [0.3, 0.4) is 0 Å². The van der Waals surface area contributed by atoms with Gasteiger partial charge in [-0.15, -0.1) is 0 Å². The van der Waals surface area contributed by atoms with Gasteiger partial charge in [-0.1, -0.05) is 32.7 Å². The molecule has 3 aromatic rings. The van der Waals surface area contributed by atoms with Gasteiger partial charge < -0.3 is 9.63 Å². The number of nitrogens with zero attached hydrogens (tertiary/aromatic N) is 2. The zero-order valence-electron chi connectivity index (χ0n) is 10.0. The van der Waals surface area contributed by atoms with Gasteiger partial charge in [0.05, 0.1) is 10.6 Å². The molecule has 0 aliphatic rings. The minimum Gasteiger partial charge on any atom is -0.508 e. The van der Waals surface area contributed by atoms with E-state index in [1.807, 2.05) is 6.07 Å². The number of benzene rings is 2. The third-order valence-electron chi connectivity index (χ3n) is 2.71. The summed E-state index contributed by atoms with van der Waals surface area (Å²) in [4.78, 5) is 4.31. The molecule has 0 bridgehead atoms. The zero-order chi connectivity index (χ0) is 14.1. The van der Waals surface area contributed by atoms with Crippen LogP contribution in [0.5, 0.6) is 5.75 Å². The molecule has 0 saturated carbocycles. The van der Waals surface area contributed by atoms with E-state index >= 15 is 0 Å². The van der Waals surface area contributed by atoms with E-state index in [0.29, 0.717) is 22.3 Å².